The van der Waals surface area contributed by atoms with Crippen molar-refractivity contribution in [1.29, 1.82) is 0 Å². The Labute approximate surface area is 187 Å². The van der Waals surface area contributed by atoms with E-state index in [-0.39, 0.29) is 11.9 Å². The molecular formula is C26H27N3OS. The molecule has 1 aromatic heterocycles. The van der Waals surface area contributed by atoms with Crippen LogP contribution in [0.5, 0.6) is 0 Å². The molecule has 1 saturated carbocycles. The highest BCUT2D eigenvalue weighted by Gasteiger charge is 2.38. The van der Waals surface area contributed by atoms with Gasteiger partial charge in [0.05, 0.1) is 10.6 Å². The van der Waals surface area contributed by atoms with Crippen molar-refractivity contribution in [1.82, 2.24) is 9.47 Å². The average Bonchev–Trinajstić information content (AvgIpc) is 3.32. The molecule has 0 radical (unpaired) electrons. The van der Waals surface area contributed by atoms with E-state index in [2.05, 4.69) is 48.0 Å². The molecule has 0 spiro atoms. The highest BCUT2D eigenvalue weighted by molar-refractivity contribution is 8.18. The molecule has 31 heavy (non-hydrogen) atoms. The number of carbonyl (C=O) groups is 1. The first-order valence-electron chi connectivity index (χ1n) is 11.2. The number of thioether (sulfide) groups is 1. The quantitative estimate of drug-likeness (QED) is 0.438. The lowest BCUT2D eigenvalue weighted by molar-refractivity contribution is -0.124. The molecule has 1 aliphatic carbocycles. The maximum Gasteiger partial charge on any atom is 0.267 e. The van der Waals surface area contributed by atoms with Gasteiger partial charge in [-0.3, -0.25) is 9.69 Å². The summed E-state index contributed by atoms with van der Waals surface area (Å²) in [5.41, 5.74) is 3.19. The molecule has 2 aliphatic rings. The van der Waals surface area contributed by atoms with Crippen LogP contribution in [0.1, 0.15) is 44.6 Å². The van der Waals surface area contributed by atoms with Crippen molar-refractivity contribution in [2.75, 3.05) is 0 Å². The summed E-state index contributed by atoms with van der Waals surface area (Å²) in [6.45, 7) is 3.05. The zero-order chi connectivity index (χ0) is 21.2. The smallest absolute Gasteiger partial charge is 0.267 e. The van der Waals surface area contributed by atoms with Gasteiger partial charge in [-0.15, -0.1) is 0 Å². The van der Waals surface area contributed by atoms with Gasteiger partial charge in [-0.25, -0.2) is 4.99 Å². The number of amides is 1. The molecule has 2 heterocycles. The van der Waals surface area contributed by atoms with Crippen LogP contribution in [-0.2, 0) is 11.3 Å². The number of para-hydroxylation sites is 2. The van der Waals surface area contributed by atoms with Crippen LogP contribution in [0, 0.1) is 0 Å². The Hall–Kier alpha value is -2.79. The van der Waals surface area contributed by atoms with Gasteiger partial charge in [0, 0.05) is 35.2 Å². The molecule has 5 rings (SSSR count). The third kappa shape index (κ3) is 3.94. The highest BCUT2D eigenvalue weighted by atomic mass is 32.2. The second-order valence-electron chi connectivity index (χ2n) is 8.20. The predicted molar refractivity (Wildman–Crippen MR) is 130 cm³/mol. The molecule has 0 atom stereocenters. The van der Waals surface area contributed by atoms with Gasteiger partial charge in [0.15, 0.2) is 5.17 Å². The third-order valence-corrected chi connectivity index (χ3v) is 7.19. The van der Waals surface area contributed by atoms with E-state index in [0.29, 0.717) is 0 Å². The van der Waals surface area contributed by atoms with Crippen molar-refractivity contribution in [3.8, 4) is 0 Å². The van der Waals surface area contributed by atoms with E-state index in [9.17, 15) is 4.79 Å². The van der Waals surface area contributed by atoms with Crippen LogP contribution in [0.2, 0.25) is 0 Å². The van der Waals surface area contributed by atoms with Crippen LogP contribution in [0.3, 0.4) is 0 Å². The summed E-state index contributed by atoms with van der Waals surface area (Å²) >= 11 is 1.51. The van der Waals surface area contributed by atoms with Crippen molar-refractivity contribution in [3.05, 3.63) is 71.3 Å². The Morgan fingerprint density at radius 3 is 2.55 bits per heavy atom. The zero-order valence-corrected chi connectivity index (χ0v) is 18.6. The largest absolute Gasteiger partial charge is 0.347 e. The summed E-state index contributed by atoms with van der Waals surface area (Å²) in [6, 6.07) is 18.6. The van der Waals surface area contributed by atoms with Crippen molar-refractivity contribution in [3.63, 3.8) is 0 Å². The van der Waals surface area contributed by atoms with E-state index in [1.807, 2.05) is 35.2 Å². The highest BCUT2D eigenvalue weighted by Crippen LogP contribution is 2.39. The molecule has 1 saturated heterocycles. The number of rotatable bonds is 4. The number of aliphatic imine (C=N–C) groups is 1. The van der Waals surface area contributed by atoms with Crippen molar-refractivity contribution in [2.45, 2.75) is 51.6 Å². The average molecular weight is 430 g/mol. The first kappa shape index (κ1) is 20.1. The van der Waals surface area contributed by atoms with Crippen molar-refractivity contribution < 1.29 is 4.79 Å². The molecule has 1 amide bonds. The van der Waals surface area contributed by atoms with Crippen LogP contribution in [-0.4, -0.2) is 26.6 Å². The van der Waals surface area contributed by atoms with Gasteiger partial charge >= 0.3 is 0 Å². The topological polar surface area (TPSA) is 37.6 Å². The summed E-state index contributed by atoms with van der Waals surface area (Å²) in [4.78, 5) is 21.2. The maximum atomic E-state index is 13.6. The predicted octanol–water partition coefficient (Wildman–Crippen LogP) is 6.60. The van der Waals surface area contributed by atoms with Crippen molar-refractivity contribution in [2.24, 2.45) is 4.99 Å². The second-order valence-corrected chi connectivity index (χ2v) is 9.20. The Kier molecular flexibility index (Phi) is 5.68. The number of hydrogen-bond acceptors (Lipinski definition) is 3. The number of amidine groups is 1. The summed E-state index contributed by atoms with van der Waals surface area (Å²) in [7, 11) is 0. The minimum Gasteiger partial charge on any atom is -0.347 e. The van der Waals surface area contributed by atoms with Crippen LogP contribution in [0.4, 0.5) is 5.69 Å². The fourth-order valence-corrected chi connectivity index (χ4v) is 5.68. The first-order chi connectivity index (χ1) is 15.2. The SMILES string of the molecule is CCn1cc(/C=C2\SC(=Nc3ccccc3)N(C3CCCCC3)C2=O)c2ccccc21. The Balaban J connectivity index is 1.56. The lowest BCUT2D eigenvalue weighted by atomic mass is 9.94. The van der Waals surface area contributed by atoms with E-state index >= 15 is 0 Å². The molecule has 1 aliphatic heterocycles. The number of carbonyl (C=O) groups excluding carboxylic acids is 1. The monoisotopic (exact) mass is 429 g/mol. The minimum absolute atomic E-state index is 0.0971. The fraction of sp³-hybridized carbons (Fsp3) is 0.308. The van der Waals surface area contributed by atoms with Crippen LogP contribution in [0.15, 0.2) is 70.7 Å². The molecule has 0 unspecified atom stereocenters. The Morgan fingerprint density at radius 1 is 1.03 bits per heavy atom. The van der Waals surface area contributed by atoms with E-state index in [0.717, 1.165) is 40.7 Å². The van der Waals surface area contributed by atoms with Gasteiger partial charge in [0.2, 0.25) is 0 Å². The van der Waals surface area contributed by atoms with E-state index < -0.39 is 0 Å². The Bertz CT molecular complexity index is 1160. The van der Waals surface area contributed by atoms with Gasteiger partial charge in [-0.1, -0.05) is 55.7 Å². The van der Waals surface area contributed by atoms with Crippen LogP contribution in [0.25, 0.3) is 17.0 Å². The standard InChI is InChI=1S/C26H27N3OS/c1-2-28-18-19(22-15-9-10-16-23(22)28)17-24-25(30)29(21-13-7-4-8-14-21)26(31-24)27-20-11-5-3-6-12-20/h3,5-6,9-12,15-18,21H,2,4,7-8,13-14H2,1H3/b24-17-,27-26?. The van der Waals surface area contributed by atoms with Gasteiger partial charge in [0.25, 0.3) is 5.91 Å². The molecule has 158 valence electrons. The normalized spacial score (nSPS) is 20.4. The summed E-state index contributed by atoms with van der Waals surface area (Å²) in [5.74, 6) is 0.0971. The van der Waals surface area contributed by atoms with E-state index in [1.165, 1.54) is 41.9 Å². The summed E-state index contributed by atoms with van der Waals surface area (Å²) in [6.07, 6.45) is 9.95. The van der Waals surface area contributed by atoms with Crippen LogP contribution >= 0.6 is 11.8 Å². The molecule has 3 aromatic rings. The van der Waals surface area contributed by atoms with Gasteiger partial charge in [0.1, 0.15) is 0 Å². The number of aromatic nitrogens is 1. The fourth-order valence-electron chi connectivity index (χ4n) is 4.63. The van der Waals surface area contributed by atoms with Gasteiger partial charge in [-0.05, 0) is 55.8 Å². The third-order valence-electron chi connectivity index (χ3n) is 6.20. The van der Waals surface area contributed by atoms with Gasteiger partial charge < -0.3 is 4.57 Å². The number of nitrogens with zero attached hydrogens (tertiary/aromatic N) is 3. The number of fused-ring (bicyclic) bond motifs is 1. The zero-order valence-electron chi connectivity index (χ0n) is 17.8. The van der Waals surface area contributed by atoms with Crippen molar-refractivity contribution >= 4 is 45.5 Å². The molecule has 2 aromatic carbocycles. The number of benzene rings is 2. The van der Waals surface area contributed by atoms with Crippen LogP contribution < -0.4 is 0 Å². The second kappa shape index (κ2) is 8.75. The summed E-state index contributed by atoms with van der Waals surface area (Å²) in [5, 5.41) is 2.00. The van der Waals surface area contributed by atoms with Gasteiger partial charge in [-0.2, -0.15) is 0 Å². The molecule has 0 bridgehead atoms. The maximum absolute atomic E-state index is 13.6. The summed E-state index contributed by atoms with van der Waals surface area (Å²) < 4.78 is 2.24. The molecule has 5 heteroatoms. The lowest BCUT2D eigenvalue weighted by Gasteiger charge is -2.30. The lowest BCUT2D eigenvalue weighted by Crippen LogP contribution is -2.40. The molecule has 4 nitrogen and oxygen atoms in total. The number of aryl methyl sites for hydroxylation is 1. The van der Waals surface area contributed by atoms with E-state index in [1.54, 1.807) is 0 Å². The number of hydrogen-bond donors (Lipinski definition) is 0. The van der Waals surface area contributed by atoms with E-state index in [4.69, 9.17) is 4.99 Å². The first-order valence-corrected chi connectivity index (χ1v) is 12.0. The Morgan fingerprint density at radius 2 is 1.77 bits per heavy atom. The minimum atomic E-state index is 0.0971. The molecular weight excluding hydrogens is 402 g/mol. The molecule has 2 fully saturated rings. The molecule has 0 N–H and O–H groups in total.